The molecule has 1 atom stereocenters. The Morgan fingerprint density at radius 1 is 1.26 bits per heavy atom. The summed E-state index contributed by atoms with van der Waals surface area (Å²) in [5.41, 5.74) is 8.98. The van der Waals surface area contributed by atoms with Crippen LogP contribution in [0.5, 0.6) is 0 Å². The lowest BCUT2D eigenvalue weighted by Crippen LogP contribution is -2.36. The van der Waals surface area contributed by atoms with Crippen molar-refractivity contribution in [2.24, 2.45) is 10.7 Å². The maximum absolute atomic E-state index is 12.5. The van der Waals surface area contributed by atoms with Gasteiger partial charge in [0.2, 0.25) is 0 Å². The number of aliphatic imine (C=N–C) groups is 1. The number of rotatable bonds is 4. The average molecular weight is 379 g/mol. The first kappa shape index (κ1) is 17.5. The van der Waals surface area contributed by atoms with Crippen LogP contribution in [0.2, 0.25) is 5.02 Å². The zero-order valence-electron chi connectivity index (χ0n) is 14.9. The molecule has 2 N–H and O–H groups in total. The molecule has 4 rings (SSSR count). The number of ketones is 1. The van der Waals surface area contributed by atoms with Gasteiger partial charge in [-0.1, -0.05) is 35.9 Å². The minimum absolute atomic E-state index is 0.0478. The highest BCUT2D eigenvalue weighted by molar-refractivity contribution is 6.30. The van der Waals surface area contributed by atoms with Crippen molar-refractivity contribution in [1.82, 2.24) is 9.55 Å². The molecule has 136 valence electrons. The van der Waals surface area contributed by atoms with E-state index >= 15 is 0 Å². The lowest BCUT2D eigenvalue weighted by atomic mass is 9.89. The van der Waals surface area contributed by atoms with E-state index in [2.05, 4.69) is 16.5 Å². The number of amidine groups is 1. The number of hydrogen-bond donors (Lipinski definition) is 1. The van der Waals surface area contributed by atoms with Crippen LogP contribution in [0.25, 0.3) is 0 Å². The van der Waals surface area contributed by atoms with E-state index in [4.69, 9.17) is 22.3 Å². The molecular formula is C21H19ClN4O. The number of nitrogens with two attached hydrogens (primary N) is 1. The van der Waals surface area contributed by atoms with E-state index in [-0.39, 0.29) is 12.2 Å². The SMILES string of the molecule is CC1(c2cccc(CC(=O)c3ccc(Cl)cn3)c2)Cn2cccc2C(N)=N1. The monoisotopic (exact) mass is 378 g/mol. The van der Waals surface area contributed by atoms with Crippen LogP contribution in [-0.4, -0.2) is 21.2 Å². The Morgan fingerprint density at radius 3 is 2.89 bits per heavy atom. The maximum atomic E-state index is 12.5. The van der Waals surface area contributed by atoms with E-state index in [0.29, 0.717) is 23.1 Å². The molecule has 0 aliphatic carbocycles. The number of carbonyl (C=O) groups excluding carboxylic acids is 1. The minimum atomic E-state index is -0.478. The summed E-state index contributed by atoms with van der Waals surface area (Å²) in [5, 5.41) is 0.513. The fraction of sp³-hybridized carbons (Fsp3) is 0.190. The number of fused-ring (bicyclic) bond motifs is 1. The van der Waals surface area contributed by atoms with Crippen LogP contribution in [0.1, 0.15) is 34.2 Å². The predicted molar refractivity (Wildman–Crippen MR) is 106 cm³/mol. The van der Waals surface area contributed by atoms with Gasteiger partial charge in [0.1, 0.15) is 17.1 Å². The van der Waals surface area contributed by atoms with Gasteiger partial charge in [0.25, 0.3) is 0 Å². The van der Waals surface area contributed by atoms with Gasteiger partial charge in [0.15, 0.2) is 5.78 Å². The summed E-state index contributed by atoms with van der Waals surface area (Å²) in [5.74, 6) is 0.480. The van der Waals surface area contributed by atoms with Crippen LogP contribution in [0.4, 0.5) is 0 Å². The lowest BCUT2D eigenvalue weighted by Gasteiger charge is -2.32. The molecule has 3 heterocycles. The number of pyridine rings is 1. The van der Waals surface area contributed by atoms with Crippen LogP contribution in [0, 0.1) is 0 Å². The molecule has 1 aliphatic rings. The zero-order valence-corrected chi connectivity index (χ0v) is 15.6. The molecule has 0 spiro atoms. The summed E-state index contributed by atoms with van der Waals surface area (Å²) in [6.07, 6.45) is 3.77. The van der Waals surface area contributed by atoms with Crippen molar-refractivity contribution in [3.8, 4) is 0 Å². The Labute approximate surface area is 162 Å². The molecule has 0 saturated heterocycles. The summed E-state index contributed by atoms with van der Waals surface area (Å²) >= 11 is 5.84. The van der Waals surface area contributed by atoms with E-state index in [1.54, 1.807) is 12.1 Å². The van der Waals surface area contributed by atoms with Gasteiger partial charge in [-0.3, -0.25) is 14.8 Å². The number of hydrogen-bond acceptors (Lipinski definition) is 4. The number of aromatic nitrogens is 2. The number of Topliss-reactive ketones (excluding diaryl/α,β-unsaturated/α-hetero) is 1. The van der Waals surface area contributed by atoms with Crippen molar-refractivity contribution in [1.29, 1.82) is 0 Å². The Morgan fingerprint density at radius 2 is 2.11 bits per heavy atom. The molecular weight excluding hydrogens is 360 g/mol. The highest BCUT2D eigenvalue weighted by Crippen LogP contribution is 2.32. The summed E-state index contributed by atoms with van der Waals surface area (Å²) in [6.45, 7) is 2.76. The van der Waals surface area contributed by atoms with Crippen LogP contribution >= 0.6 is 11.6 Å². The van der Waals surface area contributed by atoms with E-state index in [1.165, 1.54) is 6.20 Å². The molecule has 27 heavy (non-hydrogen) atoms. The normalized spacial score (nSPS) is 18.7. The predicted octanol–water partition coefficient (Wildman–Crippen LogP) is 3.60. The molecule has 0 fully saturated rings. The topological polar surface area (TPSA) is 73.3 Å². The molecule has 0 amide bonds. The minimum Gasteiger partial charge on any atom is -0.382 e. The molecule has 0 radical (unpaired) electrons. The molecule has 6 heteroatoms. The second-order valence-electron chi connectivity index (χ2n) is 6.95. The molecule has 1 unspecified atom stereocenters. The maximum Gasteiger partial charge on any atom is 0.185 e. The third-order valence-corrected chi connectivity index (χ3v) is 5.09. The number of carbonyl (C=O) groups is 1. The summed E-state index contributed by atoms with van der Waals surface area (Å²) in [7, 11) is 0. The van der Waals surface area contributed by atoms with Gasteiger partial charge in [0.05, 0.1) is 17.3 Å². The molecule has 0 bridgehead atoms. The van der Waals surface area contributed by atoms with Crippen molar-refractivity contribution in [2.75, 3.05) is 0 Å². The summed E-state index contributed by atoms with van der Waals surface area (Å²) in [6, 6.07) is 15.2. The fourth-order valence-electron chi connectivity index (χ4n) is 3.46. The van der Waals surface area contributed by atoms with Gasteiger partial charge < -0.3 is 10.3 Å². The fourth-order valence-corrected chi connectivity index (χ4v) is 3.58. The molecule has 2 aromatic heterocycles. The van der Waals surface area contributed by atoms with Gasteiger partial charge >= 0.3 is 0 Å². The number of nitrogens with zero attached hydrogens (tertiary/aromatic N) is 3. The third-order valence-electron chi connectivity index (χ3n) is 4.86. The molecule has 1 aromatic carbocycles. The molecule has 0 saturated carbocycles. The highest BCUT2D eigenvalue weighted by Gasteiger charge is 2.32. The van der Waals surface area contributed by atoms with Gasteiger partial charge in [-0.25, -0.2) is 0 Å². The van der Waals surface area contributed by atoms with Crippen LogP contribution < -0.4 is 5.73 Å². The number of benzene rings is 1. The largest absolute Gasteiger partial charge is 0.382 e. The van der Waals surface area contributed by atoms with Gasteiger partial charge in [-0.15, -0.1) is 0 Å². The first-order valence-corrected chi connectivity index (χ1v) is 9.07. The van der Waals surface area contributed by atoms with Crippen LogP contribution in [0.3, 0.4) is 0 Å². The van der Waals surface area contributed by atoms with E-state index in [0.717, 1.165) is 16.8 Å². The van der Waals surface area contributed by atoms with Crippen LogP contribution in [0.15, 0.2) is 65.9 Å². The van der Waals surface area contributed by atoms with Crippen LogP contribution in [-0.2, 0) is 18.5 Å². The van der Waals surface area contributed by atoms with Gasteiger partial charge in [-0.2, -0.15) is 0 Å². The molecule has 3 aromatic rings. The van der Waals surface area contributed by atoms with Crippen molar-refractivity contribution in [2.45, 2.75) is 25.4 Å². The Bertz CT molecular complexity index is 1040. The van der Waals surface area contributed by atoms with Gasteiger partial charge in [0, 0.05) is 18.8 Å². The first-order valence-electron chi connectivity index (χ1n) is 8.70. The molecule has 1 aliphatic heterocycles. The summed E-state index contributed by atoms with van der Waals surface area (Å²) < 4.78 is 2.11. The standard InChI is InChI=1S/C21H19ClN4O/c1-21(13-26-9-3-6-18(26)20(23)25-21)15-5-2-4-14(10-15)11-19(27)17-8-7-16(22)12-24-17/h2-10,12H,11,13H2,1H3,(H2,23,25). The highest BCUT2D eigenvalue weighted by atomic mass is 35.5. The smallest absolute Gasteiger partial charge is 0.185 e. The average Bonchev–Trinajstić information content (AvgIpc) is 3.11. The number of halogens is 1. The third kappa shape index (κ3) is 3.38. The van der Waals surface area contributed by atoms with Crippen molar-refractivity contribution < 1.29 is 4.79 Å². The van der Waals surface area contributed by atoms with E-state index in [9.17, 15) is 4.79 Å². The van der Waals surface area contributed by atoms with Crippen molar-refractivity contribution >= 4 is 23.2 Å². The quantitative estimate of drug-likeness (QED) is 0.705. The first-order chi connectivity index (χ1) is 12.9. The van der Waals surface area contributed by atoms with Crippen molar-refractivity contribution in [3.63, 3.8) is 0 Å². The molecule has 5 nitrogen and oxygen atoms in total. The lowest BCUT2D eigenvalue weighted by molar-refractivity contribution is 0.0988. The van der Waals surface area contributed by atoms with Crippen molar-refractivity contribution in [3.05, 3.63) is 88.5 Å². The van der Waals surface area contributed by atoms with E-state index in [1.807, 2.05) is 42.6 Å². The second-order valence-corrected chi connectivity index (χ2v) is 7.39. The van der Waals surface area contributed by atoms with E-state index < -0.39 is 5.54 Å². The Balaban J connectivity index is 1.60. The summed E-state index contributed by atoms with van der Waals surface area (Å²) in [4.78, 5) is 21.4. The Kier molecular flexibility index (Phi) is 4.32. The second kappa shape index (κ2) is 6.67. The Hall–Kier alpha value is -2.92. The zero-order chi connectivity index (χ0) is 19.0. The van der Waals surface area contributed by atoms with Gasteiger partial charge in [-0.05, 0) is 42.3 Å².